The molecule has 1 fully saturated rings. The van der Waals surface area contributed by atoms with E-state index in [9.17, 15) is 4.79 Å². The van der Waals surface area contributed by atoms with E-state index in [1.54, 1.807) is 17.1 Å². The summed E-state index contributed by atoms with van der Waals surface area (Å²) in [7, 11) is 0. The Hall–Kier alpha value is -3.04. The molecule has 0 radical (unpaired) electrons. The van der Waals surface area contributed by atoms with E-state index in [0.717, 1.165) is 43.2 Å². The zero-order chi connectivity index (χ0) is 19.5. The minimum absolute atomic E-state index is 0.0641. The lowest BCUT2D eigenvalue weighted by molar-refractivity contribution is 0.0699. The molecule has 1 saturated heterocycles. The number of piperidine rings is 1. The van der Waals surface area contributed by atoms with Crippen molar-refractivity contribution in [1.82, 2.24) is 39.6 Å². The second-order valence-electron chi connectivity index (χ2n) is 6.91. The first-order chi connectivity index (χ1) is 13.7. The summed E-state index contributed by atoms with van der Waals surface area (Å²) in [5, 5.41) is 16.9. The summed E-state index contributed by atoms with van der Waals surface area (Å²) in [6.07, 6.45) is 5.62. The molecule has 0 N–H and O–H groups in total. The van der Waals surface area contributed by atoms with Crippen molar-refractivity contribution in [3.63, 3.8) is 0 Å². The first-order valence-corrected chi connectivity index (χ1v) is 9.68. The van der Waals surface area contributed by atoms with Crippen LogP contribution in [0.25, 0.3) is 0 Å². The van der Waals surface area contributed by atoms with Crippen molar-refractivity contribution in [2.75, 3.05) is 13.1 Å². The summed E-state index contributed by atoms with van der Waals surface area (Å²) in [6.45, 7) is 6.75. The van der Waals surface area contributed by atoms with Gasteiger partial charge in [0.1, 0.15) is 30.8 Å². The Balaban J connectivity index is 1.42. The Morgan fingerprint density at radius 3 is 2.71 bits per heavy atom. The average molecular weight is 384 g/mol. The van der Waals surface area contributed by atoms with Crippen LogP contribution < -0.4 is 0 Å². The van der Waals surface area contributed by atoms with E-state index in [4.69, 9.17) is 4.52 Å². The minimum Gasteiger partial charge on any atom is -0.361 e. The Labute approximate surface area is 162 Å². The van der Waals surface area contributed by atoms with E-state index < -0.39 is 0 Å². The molecule has 4 heterocycles. The second kappa shape index (κ2) is 7.91. The zero-order valence-electron chi connectivity index (χ0n) is 16.2. The van der Waals surface area contributed by atoms with Crippen LogP contribution in [0.5, 0.6) is 0 Å². The van der Waals surface area contributed by atoms with Crippen LogP contribution in [-0.2, 0) is 19.5 Å². The summed E-state index contributed by atoms with van der Waals surface area (Å²) >= 11 is 0. The van der Waals surface area contributed by atoms with Crippen molar-refractivity contribution in [3.8, 4) is 0 Å². The van der Waals surface area contributed by atoms with Crippen LogP contribution in [0.4, 0.5) is 0 Å². The molecule has 1 amide bonds. The molecule has 148 valence electrons. The van der Waals surface area contributed by atoms with E-state index in [-0.39, 0.29) is 11.8 Å². The summed E-state index contributed by atoms with van der Waals surface area (Å²) in [6, 6.07) is 1.73. The van der Waals surface area contributed by atoms with Crippen molar-refractivity contribution < 1.29 is 9.32 Å². The van der Waals surface area contributed by atoms with Gasteiger partial charge in [-0.05, 0) is 19.8 Å². The van der Waals surface area contributed by atoms with Gasteiger partial charge in [-0.1, -0.05) is 12.1 Å². The molecule has 0 spiro atoms. The fourth-order valence-corrected chi connectivity index (χ4v) is 3.66. The molecule has 10 nitrogen and oxygen atoms in total. The SMILES string of the molecule is CCc1cc(C(=O)N2CCC(c3nnc(Cn4cncn4)n3CC)CC2)no1. The second-order valence-corrected chi connectivity index (χ2v) is 6.91. The molecule has 0 aromatic carbocycles. The highest BCUT2D eigenvalue weighted by Crippen LogP contribution is 2.28. The van der Waals surface area contributed by atoms with Gasteiger partial charge in [-0.15, -0.1) is 10.2 Å². The summed E-state index contributed by atoms with van der Waals surface area (Å²) in [4.78, 5) is 18.4. The van der Waals surface area contributed by atoms with Gasteiger partial charge in [-0.2, -0.15) is 5.10 Å². The molecule has 3 aromatic rings. The van der Waals surface area contributed by atoms with Gasteiger partial charge in [0.15, 0.2) is 11.5 Å². The molecular weight excluding hydrogens is 360 g/mol. The number of aryl methyl sites for hydroxylation is 1. The number of aromatic nitrogens is 7. The number of hydrogen-bond acceptors (Lipinski definition) is 7. The van der Waals surface area contributed by atoms with Crippen molar-refractivity contribution in [2.45, 2.75) is 52.1 Å². The number of nitrogens with zero attached hydrogens (tertiary/aromatic N) is 8. The molecule has 0 bridgehead atoms. The van der Waals surface area contributed by atoms with Crippen LogP contribution in [0, 0.1) is 0 Å². The lowest BCUT2D eigenvalue weighted by Gasteiger charge is -2.31. The topological polar surface area (TPSA) is 108 Å². The molecule has 0 saturated carbocycles. The maximum atomic E-state index is 12.6. The van der Waals surface area contributed by atoms with E-state index >= 15 is 0 Å². The third kappa shape index (κ3) is 3.54. The Morgan fingerprint density at radius 2 is 2.07 bits per heavy atom. The average Bonchev–Trinajstić information content (AvgIpc) is 3.48. The van der Waals surface area contributed by atoms with Gasteiger partial charge < -0.3 is 14.0 Å². The van der Waals surface area contributed by atoms with E-state index in [1.807, 2.05) is 11.8 Å². The quantitative estimate of drug-likeness (QED) is 0.634. The summed E-state index contributed by atoms with van der Waals surface area (Å²) in [5.41, 5.74) is 0.391. The fraction of sp³-hybridized carbons (Fsp3) is 0.556. The van der Waals surface area contributed by atoms with E-state index in [0.29, 0.717) is 25.3 Å². The number of hydrogen-bond donors (Lipinski definition) is 0. The zero-order valence-corrected chi connectivity index (χ0v) is 16.2. The molecule has 28 heavy (non-hydrogen) atoms. The van der Waals surface area contributed by atoms with Crippen molar-refractivity contribution in [2.24, 2.45) is 0 Å². The van der Waals surface area contributed by atoms with Crippen molar-refractivity contribution in [1.29, 1.82) is 0 Å². The smallest absolute Gasteiger partial charge is 0.276 e. The molecule has 3 aromatic heterocycles. The number of rotatable bonds is 6. The maximum Gasteiger partial charge on any atom is 0.276 e. The van der Waals surface area contributed by atoms with Gasteiger partial charge in [0.25, 0.3) is 5.91 Å². The van der Waals surface area contributed by atoms with Crippen LogP contribution in [0.3, 0.4) is 0 Å². The first kappa shape index (κ1) is 18.3. The van der Waals surface area contributed by atoms with Gasteiger partial charge >= 0.3 is 0 Å². The third-order valence-electron chi connectivity index (χ3n) is 5.22. The molecule has 0 aliphatic carbocycles. The molecule has 0 unspecified atom stereocenters. The van der Waals surface area contributed by atoms with Gasteiger partial charge in [-0.3, -0.25) is 4.79 Å². The Kier molecular flexibility index (Phi) is 5.18. The Bertz CT molecular complexity index is 921. The van der Waals surface area contributed by atoms with Crippen molar-refractivity contribution >= 4 is 5.91 Å². The highest BCUT2D eigenvalue weighted by atomic mass is 16.5. The van der Waals surface area contributed by atoms with Gasteiger partial charge in [0.05, 0.1) is 0 Å². The molecule has 1 aliphatic heterocycles. The predicted molar refractivity (Wildman–Crippen MR) is 98.6 cm³/mol. The lowest BCUT2D eigenvalue weighted by Crippen LogP contribution is -2.38. The largest absolute Gasteiger partial charge is 0.361 e. The van der Waals surface area contributed by atoms with Gasteiger partial charge in [0.2, 0.25) is 0 Å². The highest BCUT2D eigenvalue weighted by Gasteiger charge is 2.29. The maximum absolute atomic E-state index is 12.6. The lowest BCUT2D eigenvalue weighted by atomic mass is 9.95. The van der Waals surface area contributed by atoms with Gasteiger partial charge in [0, 0.05) is 38.0 Å². The van der Waals surface area contributed by atoms with Gasteiger partial charge in [-0.25, -0.2) is 9.67 Å². The van der Waals surface area contributed by atoms with E-state index in [1.165, 1.54) is 6.33 Å². The molecule has 1 aliphatic rings. The number of carbonyl (C=O) groups excluding carboxylic acids is 1. The monoisotopic (exact) mass is 384 g/mol. The predicted octanol–water partition coefficient (Wildman–Crippen LogP) is 1.51. The standard InChI is InChI=1S/C18H24N8O2/c1-3-14-9-15(23-28-14)18(27)24-7-5-13(6-8-24)17-22-21-16(26(17)4-2)10-25-12-19-11-20-25/h9,11-13H,3-8,10H2,1-2H3. The molecule has 10 heteroatoms. The molecular formula is C18H24N8O2. The van der Waals surface area contributed by atoms with Crippen LogP contribution >= 0.6 is 0 Å². The van der Waals surface area contributed by atoms with E-state index in [2.05, 4.69) is 36.9 Å². The summed E-state index contributed by atoms with van der Waals surface area (Å²) < 4.78 is 9.05. The number of likely N-dealkylation sites (tertiary alicyclic amines) is 1. The number of carbonyl (C=O) groups is 1. The minimum atomic E-state index is -0.0641. The van der Waals surface area contributed by atoms with Crippen LogP contribution in [0.1, 0.15) is 60.5 Å². The number of amides is 1. The van der Waals surface area contributed by atoms with Crippen molar-refractivity contribution in [3.05, 3.63) is 41.8 Å². The third-order valence-corrected chi connectivity index (χ3v) is 5.22. The normalized spacial score (nSPS) is 15.3. The first-order valence-electron chi connectivity index (χ1n) is 9.68. The molecule has 4 rings (SSSR count). The summed E-state index contributed by atoms with van der Waals surface area (Å²) in [5.74, 6) is 2.81. The molecule has 0 atom stereocenters. The van der Waals surface area contributed by atoms with Crippen LogP contribution in [0.15, 0.2) is 23.2 Å². The Morgan fingerprint density at radius 1 is 1.25 bits per heavy atom. The highest BCUT2D eigenvalue weighted by molar-refractivity contribution is 5.92. The van der Waals surface area contributed by atoms with Crippen LogP contribution in [0.2, 0.25) is 0 Å². The fourth-order valence-electron chi connectivity index (χ4n) is 3.66. The van der Waals surface area contributed by atoms with Crippen LogP contribution in [-0.4, -0.2) is 58.6 Å².